The van der Waals surface area contributed by atoms with Gasteiger partial charge in [-0.05, 0) is 38.2 Å². The van der Waals surface area contributed by atoms with Crippen LogP contribution in [0.1, 0.15) is 43.7 Å². The number of nitrogens with two attached hydrogens (primary N) is 1. The van der Waals surface area contributed by atoms with E-state index in [-0.39, 0.29) is 11.9 Å². The van der Waals surface area contributed by atoms with Gasteiger partial charge in [0.1, 0.15) is 5.82 Å². The van der Waals surface area contributed by atoms with Crippen LogP contribution in [0.3, 0.4) is 0 Å². The van der Waals surface area contributed by atoms with Gasteiger partial charge in [-0.25, -0.2) is 4.39 Å². The summed E-state index contributed by atoms with van der Waals surface area (Å²) in [5.41, 5.74) is 3.35. The molecule has 3 nitrogen and oxygen atoms in total. The van der Waals surface area contributed by atoms with E-state index in [0.717, 1.165) is 38.7 Å². The lowest BCUT2D eigenvalue weighted by Gasteiger charge is -2.18. The molecule has 0 radical (unpaired) electrons. The standard InChI is InChI=1S/C14H21FN2O/c15-13-8-2-1-7-12(13)14(17-16)9-3-5-11-6-4-10-18-11/h1-2,7-8,11,14,17H,3-6,9-10,16H2. The third-order valence-electron chi connectivity index (χ3n) is 3.52. The monoisotopic (exact) mass is 252 g/mol. The van der Waals surface area contributed by atoms with Crippen molar-refractivity contribution in [1.29, 1.82) is 0 Å². The lowest BCUT2D eigenvalue weighted by atomic mass is 9.99. The van der Waals surface area contributed by atoms with Gasteiger partial charge in [0, 0.05) is 18.2 Å². The average molecular weight is 252 g/mol. The first-order chi connectivity index (χ1) is 8.81. The van der Waals surface area contributed by atoms with Crippen LogP contribution >= 0.6 is 0 Å². The van der Waals surface area contributed by atoms with Crippen molar-refractivity contribution in [3.8, 4) is 0 Å². The van der Waals surface area contributed by atoms with Crippen LogP contribution in [-0.4, -0.2) is 12.7 Å². The smallest absolute Gasteiger partial charge is 0.128 e. The van der Waals surface area contributed by atoms with Crippen molar-refractivity contribution in [3.05, 3.63) is 35.6 Å². The van der Waals surface area contributed by atoms with Gasteiger partial charge >= 0.3 is 0 Å². The van der Waals surface area contributed by atoms with Crippen molar-refractivity contribution in [3.63, 3.8) is 0 Å². The van der Waals surface area contributed by atoms with Gasteiger partial charge in [0.25, 0.3) is 0 Å². The largest absolute Gasteiger partial charge is 0.378 e. The molecule has 0 bridgehead atoms. The minimum absolute atomic E-state index is 0.118. The SMILES string of the molecule is NNC(CCCC1CCCO1)c1ccccc1F. The van der Waals surface area contributed by atoms with Gasteiger partial charge in [0.2, 0.25) is 0 Å². The molecule has 1 aliphatic heterocycles. The number of hydrogen-bond donors (Lipinski definition) is 2. The summed E-state index contributed by atoms with van der Waals surface area (Å²) in [4.78, 5) is 0. The molecule has 1 saturated heterocycles. The summed E-state index contributed by atoms with van der Waals surface area (Å²) in [6.07, 6.45) is 5.57. The highest BCUT2D eigenvalue weighted by Crippen LogP contribution is 2.24. The van der Waals surface area contributed by atoms with Crippen LogP contribution < -0.4 is 11.3 Å². The average Bonchev–Trinajstić information content (AvgIpc) is 2.89. The highest BCUT2D eigenvalue weighted by Gasteiger charge is 2.17. The summed E-state index contributed by atoms with van der Waals surface area (Å²) in [5, 5.41) is 0. The van der Waals surface area contributed by atoms with Crippen LogP contribution in [0.4, 0.5) is 4.39 Å². The summed E-state index contributed by atoms with van der Waals surface area (Å²) in [6, 6.07) is 6.67. The molecule has 1 aromatic carbocycles. The highest BCUT2D eigenvalue weighted by atomic mass is 19.1. The molecule has 3 N–H and O–H groups in total. The van der Waals surface area contributed by atoms with Crippen LogP contribution in [-0.2, 0) is 4.74 Å². The zero-order valence-electron chi connectivity index (χ0n) is 10.6. The predicted molar refractivity (Wildman–Crippen MR) is 69.3 cm³/mol. The van der Waals surface area contributed by atoms with E-state index in [1.807, 2.05) is 6.07 Å². The van der Waals surface area contributed by atoms with E-state index in [9.17, 15) is 4.39 Å². The molecule has 2 unspecified atom stereocenters. The summed E-state index contributed by atoms with van der Waals surface area (Å²) < 4.78 is 19.2. The Bertz CT molecular complexity index is 367. The van der Waals surface area contributed by atoms with Crippen molar-refractivity contribution in [2.24, 2.45) is 5.84 Å². The van der Waals surface area contributed by atoms with E-state index in [4.69, 9.17) is 10.6 Å². The van der Waals surface area contributed by atoms with Crippen molar-refractivity contribution >= 4 is 0 Å². The minimum Gasteiger partial charge on any atom is -0.378 e. The van der Waals surface area contributed by atoms with Crippen molar-refractivity contribution < 1.29 is 9.13 Å². The lowest BCUT2D eigenvalue weighted by molar-refractivity contribution is 0.101. The van der Waals surface area contributed by atoms with E-state index in [1.165, 1.54) is 6.07 Å². The van der Waals surface area contributed by atoms with Gasteiger partial charge < -0.3 is 4.74 Å². The number of ether oxygens (including phenoxy) is 1. The number of rotatable bonds is 6. The molecule has 1 aliphatic rings. The molecule has 4 heteroatoms. The summed E-state index contributed by atoms with van der Waals surface area (Å²) in [5.74, 6) is 5.32. The van der Waals surface area contributed by atoms with Crippen molar-refractivity contribution in [2.45, 2.75) is 44.2 Å². The number of hydrogen-bond acceptors (Lipinski definition) is 3. The third-order valence-corrected chi connectivity index (χ3v) is 3.52. The quantitative estimate of drug-likeness (QED) is 0.604. The Balaban J connectivity index is 1.83. The van der Waals surface area contributed by atoms with Crippen LogP contribution in [0.2, 0.25) is 0 Å². The Morgan fingerprint density at radius 3 is 2.94 bits per heavy atom. The van der Waals surface area contributed by atoms with Crippen LogP contribution in [0.5, 0.6) is 0 Å². The first-order valence-electron chi connectivity index (χ1n) is 6.63. The molecule has 2 atom stereocenters. The minimum atomic E-state index is -0.197. The van der Waals surface area contributed by atoms with E-state index in [1.54, 1.807) is 12.1 Å². The zero-order chi connectivity index (χ0) is 12.8. The zero-order valence-corrected chi connectivity index (χ0v) is 10.6. The van der Waals surface area contributed by atoms with Gasteiger partial charge in [0.15, 0.2) is 0 Å². The molecule has 1 heterocycles. The summed E-state index contributed by atoms with van der Waals surface area (Å²) in [6.45, 7) is 0.885. The molecular formula is C14H21FN2O. The molecule has 1 aromatic rings. The second-order valence-corrected chi connectivity index (χ2v) is 4.81. The second-order valence-electron chi connectivity index (χ2n) is 4.81. The second kappa shape index (κ2) is 6.83. The Morgan fingerprint density at radius 1 is 1.44 bits per heavy atom. The molecule has 0 aromatic heterocycles. The molecule has 2 rings (SSSR count). The molecule has 0 saturated carbocycles. The fraction of sp³-hybridized carbons (Fsp3) is 0.571. The maximum atomic E-state index is 13.6. The maximum absolute atomic E-state index is 13.6. The highest BCUT2D eigenvalue weighted by molar-refractivity contribution is 5.20. The molecule has 0 spiro atoms. The Labute approximate surface area is 107 Å². The normalized spacial score (nSPS) is 21.1. The topological polar surface area (TPSA) is 47.3 Å². The van der Waals surface area contributed by atoms with Crippen molar-refractivity contribution in [2.75, 3.05) is 6.61 Å². The molecule has 0 amide bonds. The number of hydrazine groups is 1. The first kappa shape index (κ1) is 13.5. The van der Waals surface area contributed by atoms with Gasteiger partial charge in [-0.1, -0.05) is 18.2 Å². The van der Waals surface area contributed by atoms with E-state index in [2.05, 4.69) is 5.43 Å². The predicted octanol–water partition coefficient (Wildman–Crippen LogP) is 2.68. The summed E-state index contributed by atoms with van der Waals surface area (Å²) >= 11 is 0. The fourth-order valence-electron chi connectivity index (χ4n) is 2.51. The Kier molecular flexibility index (Phi) is 5.11. The van der Waals surface area contributed by atoms with Crippen molar-refractivity contribution in [1.82, 2.24) is 5.43 Å². The Hall–Kier alpha value is -0.970. The first-order valence-corrected chi connectivity index (χ1v) is 6.63. The fourth-order valence-corrected chi connectivity index (χ4v) is 2.51. The van der Waals surface area contributed by atoms with Gasteiger partial charge in [0.05, 0.1) is 6.10 Å². The molecule has 18 heavy (non-hydrogen) atoms. The van der Waals surface area contributed by atoms with Crippen LogP contribution in [0, 0.1) is 5.82 Å². The molecular weight excluding hydrogens is 231 g/mol. The lowest BCUT2D eigenvalue weighted by Crippen LogP contribution is -2.28. The van der Waals surface area contributed by atoms with E-state index in [0.29, 0.717) is 11.7 Å². The third kappa shape index (κ3) is 3.51. The number of nitrogens with one attached hydrogen (secondary N) is 1. The van der Waals surface area contributed by atoms with Gasteiger partial charge in [-0.3, -0.25) is 11.3 Å². The molecule has 1 fully saturated rings. The number of halogens is 1. The van der Waals surface area contributed by atoms with E-state index < -0.39 is 0 Å². The van der Waals surface area contributed by atoms with Gasteiger partial charge in [-0.2, -0.15) is 0 Å². The maximum Gasteiger partial charge on any atom is 0.128 e. The Morgan fingerprint density at radius 2 is 2.28 bits per heavy atom. The summed E-state index contributed by atoms with van der Waals surface area (Å²) in [7, 11) is 0. The van der Waals surface area contributed by atoms with Crippen LogP contribution in [0.25, 0.3) is 0 Å². The molecule has 100 valence electrons. The number of benzene rings is 1. The van der Waals surface area contributed by atoms with E-state index >= 15 is 0 Å². The van der Waals surface area contributed by atoms with Crippen LogP contribution in [0.15, 0.2) is 24.3 Å². The van der Waals surface area contributed by atoms with Gasteiger partial charge in [-0.15, -0.1) is 0 Å². The molecule has 0 aliphatic carbocycles.